The largest absolute Gasteiger partial charge is 0.478 e. The summed E-state index contributed by atoms with van der Waals surface area (Å²) in [6, 6.07) is 0. The van der Waals surface area contributed by atoms with Gasteiger partial charge in [0.1, 0.15) is 0 Å². The van der Waals surface area contributed by atoms with Crippen molar-refractivity contribution in [3.63, 3.8) is 0 Å². The maximum atomic E-state index is 11.2. The lowest BCUT2D eigenvalue weighted by Crippen LogP contribution is -2.21. The number of nitrogens with zero attached hydrogens (tertiary/aromatic N) is 2. The summed E-state index contributed by atoms with van der Waals surface area (Å²) >= 11 is 0. The van der Waals surface area contributed by atoms with E-state index in [2.05, 4.69) is 10.4 Å². The molecule has 0 saturated heterocycles. The molecule has 0 unspecified atom stereocenters. The van der Waals surface area contributed by atoms with Crippen LogP contribution in [0.1, 0.15) is 18.2 Å². The van der Waals surface area contributed by atoms with Crippen molar-refractivity contribution in [3.8, 4) is 0 Å². The zero-order valence-corrected chi connectivity index (χ0v) is 9.80. The van der Waals surface area contributed by atoms with Crippen molar-refractivity contribution in [1.82, 2.24) is 15.1 Å². The smallest absolute Gasteiger partial charge is 0.328 e. The summed E-state index contributed by atoms with van der Waals surface area (Å²) in [7, 11) is 1.81. The van der Waals surface area contributed by atoms with Gasteiger partial charge < -0.3 is 10.4 Å². The maximum absolute atomic E-state index is 11.2. The highest BCUT2D eigenvalue weighted by Crippen LogP contribution is 2.06. The van der Waals surface area contributed by atoms with E-state index in [0.717, 1.165) is 29.8 Å². The van der Waals surface area contributed by atoms with Crippen LogP contribution in [0, 0.1) is 0 Å². The molecule has 92 valence electrons. The molecule has 17 heavy (non-hydrogen) atoms. The summed E-state index contributed by atoms with van der Waals surface area (Å²) in [5, 5.41) is 15.2. The molecular formula is C11H15N3O3. The van der Waals surface area contributed by atoms with Crippen LogP contribution in [0.25, 0.3) is 0 Å². The highest BCUT2D eigenvalue weighted by molar-refractivity contribution is 5.93. The quantitative estimate of drug-likeness (QED) is 0.718. The summed E-state index contributed by atoms with van der Waals surface area (Å²) in [6.07, 6.45) is 4.42. The summed E-state index contributed by atoms with van der Waals surface area (Å²) in [6.45, 7) is 2.33. The first-order valence-corrected chi connectivity index (χ1v) is 5.23. The summed E-state index contributed by atoms with van der Waals surface area (Å²) < 4.78 is 1.69. The van der Waals surface area contributed by atoms with Crippen LogP contribution in [0.3, 0.4) is 0 Å². The number of aliphatic carboxylic acids is 1. The standard InChI is InChI=1S/C11H15N3O3/c1-3-9-8(7-14(2)13-9)6-12-10(15)4-5-11(16)17/h4-5,7H,3,6H2,1-2H3,(H,12,15)(H,16,17)/b5-4+. The molecular weight excluding hydrogens is 222 g/mol. The molecule has 6 nitrogen and oxygen atoms in total. The number of aryl methyl sites for hydroxylation is 2. The number of nitrogens with one attached hydrogen (secondary N) is 1. The van der Waals surface area contributed by atoms with Gasteiger partial charge in [0.25, 0.3) is 0 Å². The van der Waals surface area contributed by atoms with Crippen LogP contribution in [0.15, 0.2) is 18.3 Å². The first kappa shape index (κ1) is 13.0. The molecule has 0 aliphatic heterocycles. The Hall–Kier alpha value is -2.11. The fourth-order valence-corrected chi connectivity index (χ4v) is 1.42. The van der Waals surface area contributed by atoms with Crippen LogP contribution in [0.2, 0.25) is 0 Å². The maximum Gasteiger partial charge on any atom is 0.328 e. The molecule has 0 radical (unpaired) electrons. The average Bonchev–Trinajstić information content (AvgIpc) is 2.64. The minimum Gasteiger partial charge on any atom is -0.478 e. The van der Waals surface area contributed by atoms with Gasteiger partial charge in [0.05, 0.1) is 5.69 Å². The molecule has 1 amide bonds. The van der Waals surface area contributed by atoms with Gasteiger partial charge in [-0.15, -0.1) is 0 Å². The van der Waals surface area contributed by atoms with Gasteiger partial charge in [0.15, 0.2) is 0 Å². The number of aromatic nitrogens is 2. The Kier molecular flexibility index (Phi) is 4.45. The summed E-state index contributed by atoms with van der Waals surface area (Å²) in [4.78, 5) is 21.4. The Morgan fingerprint density at radius 3 is 2.82 bits per heavy atom. The van der Waals surface area contributed by atoms with E-state index in [0.29, 0.717) is 6.54 Å². The number of carboxylic acid groups (broad SMARTS) is 1. The second-order valence-corrected chi connectivity index (χ2v) is 3.52. The van der Waals surface area contributed by atoms with Crippen molar-refractivity contribution in [2.24, 2.45) is 7.05 Å². The summed E-state index contributed by atoms with van der Waals surface area (Å²) in [5.41, 5.74) is 1.86. The van der Waals surface area contributed by atoms with Crippen molar-refractivity contribution in [2.45, 2.75) is 19.9 Å². The van der Waals surface area contributed by atoms with Crippen LogP contribution in [0.4, 0.5) is 0 Å². The Bertz CT molecular complexity index is 449. The van der Waals surface area contributed by atoms with Crippen molar-refractivity contribution in [3.05, 3.63) is 29.6 Å². The lowest BCUT2D eigenvalue weighted by atomic mass is 10.2. The molecule has 2 N–H and O–H groups in total. The van der Waals surface area contributed by atoms with Crippen LogP contribution in [-0.4, -0.2) is 26.8 Å². The third-order valence-corrected chi connectivity index (χ3v) is 2.16. The van der Waals surface area contributed by atoms with Crippen LogP contribution in [0.5, 0.6) is 0 Å². The SMILES string of the molecule is CCc1nn(C)cc1CNC(=O)/C=C/C(=O)O. The van der Waals surface area contributed by atoms with Crippen LogP contribution in [-0.2, 0) is 29.6 Å². The van der Waals surface area contributed by atoms with Crippen molar-refractivity contribution in [1.29, 1.82) is 0 Å². The van der Waals surface area contributed by atoms with Crippen LogP contribution >= 0.6 is 0 Å². The van der Waals surface area contributed by atoms with Gasteiger partial charge in [0, 0.05) is 37.5 Å². The third kappa shape index (κ3) is 4.10. The van der Waals surface area contributed by atoms with Gasteiger partial charge in [-0.25, -0.2) is 4.79 Å². The zero-order chi connectivity index (χ0) is 12.8. The Labute approximate surface area is 98.9 Å². The average molecular weight is 237 g/mol. The zero-order valence-electron chi connectivity index (χ0n) is 9.80. The fourth-order valence-electron chi connectivity index (χ4n) is 1.42. The van der Waals surface area contributed by atoms with E-state index in [1.165, 1.54) is 0 Å². The van der Waals surface area contributed by atoms with Gasteiger partial charge in [-0.3, -0.25) is 9.48 Å². The molecule has 0 atom stereocenters. The normalized spacial score (nSPS) is 10.7. The number of hydrogen-bond donors (Lipinski definition) is 2. The number of carbonyl (C=O) groups excluding carboxylic acids is 1. The first-order chi connectivity index (χ1) is 8.02. The predicted molar refractivity (Wildman–Crippen MR) is 61.2 cm³/mol. The number of hydrogen-bond acceptors (Lipinski definition) is 3. The fraction of sp³-hybridized carbons (Fsp3) is 0.364. The minimum atomic E-state index is -1.14. The molecule has 0 saturated carbocycles. The van der Waals surface area contributed by atoms with E-state index in [4.69, 9.17) is 5.11 Å². The van der Waals surface area contributed by atoms with Crippen LogP contribution < -0.4 is 5.32 Å². The molecule has 1 heterocycles. The highest BCUT2D eigenvalue weighted by Gasteiger charge is 2.06. The minimum absolute atomic E-state index is 0.347. The molecule has 1 aromatic rings. The Balaban J connectivity index is 2.55. The van der Waals surface area contributed by atoms with Crippen molar-refractivity contribution >= 4 is 11.9 Å². The number of rotatable bonds is 5. The third-order valence-electron chi connectivity index (χ3n) is 2.16. The van der Waals surface area contributed by atoms with Gasteiger partial charge in [-0.1, -0.05) is 6.92 Å². The van der Waals surface area contributed by atoms with E-state index < -0.39 is 11.9 Å². The predicted octanol–water partition coefficient (Wildman–Crippen LogP) is 0.239. The van der Waals surface area contributed by atoms with Gasteiger partial charge in [-0.2, -0.15) is 5.10 Å². The molecule has 6 heteroatoms. The van der Waals surface area contributed by atoms with E-state index in [1.807, 2.05) is 20.2 Å². The van der Waals surface area contributed by atoms with Gasteiger partial charge in [0.2, 0.25) is 5.91 Å². The van der Waals surface area contributed by atoms with E-state index in [1.54, 1.807) is 4.68 Å². The van der Waals surface area contributed by atoms with E-state index >= 15 is 0 Å². The molecule has 0 aliphatic carbocycles. The monoisotopic (exact) mass is 237 g/mol. The Morgan fingerprint density at radius 2 is 2.24 bits per heavy atom. The number of amides is 1. The summed E-state index contributed by atoms with van der Waals surface area (Å²) in [5.74, 6) is -1.57. The number of carbonyl (C=O) groups is 2. The second kappa shape index (κ2) is 5.83. The molecule has 1 aromatic heterocycles. The molecule has 0 spiro atoms. The topological polar surface area (TPSA) is 84.2 Å². The van der Waals surface area contributed by atoms with E-state index in [-0.39, 0.29) is 0 Å². The van der Waals surface area contributed by atoms with E-state index in [9.17, 15) is 9.59 Å². The lowest BCUT2D eigenvalue weighted by molar-refractivity contribution is -0.131. The molecule has 1 rings (SSSR count). The highest BCUT2D eigenvalue weighted by atomic mass is 16.4. The molecule has 0 bridgehead atoms. The molecule has 0 fully saturated rings. The van der Waals surface area contributed by atoms with Crippen molar-refractivity contribution in [2.75, 3.05) is 0 Å². The number of carboxylic acids is 1. The van der Waals surface area contributed by atoms with Crippen molar-refractivity contribution < 1.29 is 14.7 Å². The lowest BCUT2D eigenvalue weighted by Gasteiger charge is -2.00. The second-order valence-electron chi connectivity index (χ2n) is 3.52. The van der Waals surface area contributed by atoms with Gasteiger partial charge >= 0.3 is 5.97 Å². The van der Waals surface area contributed by atoms with Gasteiger partial charge in [-0.05, 0) is 6.42 Å². The first-order valence-electron chi connectivity index (χ1n) is 5.23. The Morgan fingerprint density at radius 1 is 1.53 bits per heavy atom. The molecule has 0 aromatic carbocycles. The molecule has 0 aliphatic rings.